The maximum atomic E-state index is 11.4. The van der Waals surface area contributed by atoms with Gasteiger partial charge >= 0.3 is 0 Å². The van der Waals surface area contributed by atoms with Crippen LogP contribution in [0.3, 0.4) is 0 Å². The summed E-state index contributed by atoms with van der Waals surface area (Å²) in [5.41, 5.74) is 1.59. The third kappa shape index (κ3) is 1.16. The van der Waals surface area contributed by atoms with Crippen molar-refractivity contribution in [1.82, 2.24) is 5.32 Å². The second-order valence-electron chi connectivity index (χ2n) is 3.21. The van der Waals surface area contributed by atoms with E-state index in [0.29, 0.717) is 5.56 Å². The van der Waals surface area contributed by atoms with E-state index in [-0.39, 0.29) is 17.7 Å². The quantitative estimate of drug-likeness (QED) is 0.684. The summed E-state index contributed by atoms with van der Waals surface area (Å²) in [4.78, 5) is 11.4. The first-order valence-electron chi connectivity index (χ1n) is 4.36. The van der Waals surface area contributed by atoms with Crippen LogP contribution in [0.5, 0.6) is 5.75 Å². The zero-order chi connectivity index (χ0) is 9.42. The summed E-state index contributed by atoms with van der Waals surface area (Å²) >= 11 is 0. The van der Waals surface area contributed by atoms with Crippen LogP contribution in [0.2, 0.25) is 0 Å². The molecule has 0 aliphatic carbocycles. The van der Waals surface area contributed by atoms with Gasteiger partial charge in [0, 0.05) is 5.56 Å². The molecule has 1 aromatic rings. The Hall–Kier alpha value is -1.51. The SMILES string of the molecule is CCC1NC(=O)c2ccc(O)cc21. The van der Waals surface area contributed by atoms with E-state index in [1.54, 1.807) is 12.1 Å². The van der Waals surface area contributed by atoms with E-state index < -0.39 is 0 Å². The van der Waals surface area contributed by atoms with Crippen molar-refractivity contribution in [3.63, 3.8) is 0 Å². The molecule has 3 nitrogen and oxygen atoms in total. The molecule has 2 N–H and O–H groups in total. The fraction of sp³-hybridized carbons (Fsp3) is 0.300. The molecule has 0 bridgehead atoms. The minimum atomic E-state index is -0.0400. The molecule has 1 unspecified atom stereocenters. The first-order chi connectivity index (χ1) is 6.22. The molecular weight excluding hydrogens is 166 g/mol. The van der Waals surface area contributed by atoms with Crippen molar-refractivity contribution < 1.29 is 9.90 Å². The van der Waals surface area contributed by atoms with Gasteiger partial charge in [0.05, 0.1) is 6.04 Å². The molecule has 1 amide bonds. The molecule has 1 aliphatic rings. The number of benzene rings is 1. The highest BCUT2D eigenvalue weighted by Gasteiger charge is 2.26. The van der Waals surface area contributed by atoms with Crippen LogP contribution in [0.4, 0.5) is 0 Å². The summed E-state index contributed by atoms with van der Waals surface area (Å²) in [6, 6.07) is 4.92. The van der Waals surface area contributed by atoms with Gasteiger partial charge in [0.1, 0.15) is 5.75 Å². The smallest absolute Gasteiger partial charge is 0.252 e. The van der Waals surface area contributed by atoms with Crippen molar-refractivity contribution >= 4 is 5.91 Å². The number of rotatable bonds is 1. The average Bonchev–Trinajstić information content (AvgIpc) is 2.42. The molecule has 0 saturated carbocycles. The van der Waals surface area contributed by atoms with Gasteiger partial charge in [-0.25, -0.2) is 0 Å². The van der Waals surface area contributed by atoms with Gasteiger partial charge in [-0.3, -0.25) is 4.79 Å². The van der Waals surface area contributed by atoms with Crippen LogP contribution in [0.15, 0.2) is 18.2 Å². The number of aromatic hydroxyl groups is 1. The van der Waals surface area contributed by atoms with E-state index in [1.165, 1.54) is 6.07 Å². The number of phenolic OH excluding ortho intramolecular Hbond substituents is 1. The van der Waals surface area contributed by atoms with Crippen LogP contribution in [-0.4, -0.2) is 11.0 Å². The Labute approximate surface area is 76.4 Å². The van der Waals surface area contributed by atoms with Gasteiger partial charge in [0.15, 0.2) is 0 Å². The van der Waals surface area contributed by atoms with Gasteiger partial charge in [0.25, 0.3) is 5.91 Å². The molecule has 3 heteroatoms. The molecule has 1 atom stereocenters. The lowest BCUT2D eigenvalue weighted by atomic mass is 10.0. The fourth-order valence-electron chi connectivity index (χ4n) is 1.68. The number of fused-ring (bicyclic) bond motifs is 1. The molecule has 0 saturated heterocycles. The van der Waals surface area contributed by atoms with Crippen molar-refractivity contribution in [2.24, 2.45) is 0 Å². The summed E-state index contributed by atoms with van der Waals surface area (Å²) in [5.74, 6) is 0.176. The summed E-state index contributed by atoms with van der Waals surface area (Å²) in [6.45, 7) is 2.00. The van der Waals surface area contributed by atoms with Gasteiger partial charge < -0.3 is 10.4 Å². The molecule has 13 heavy (non-hydrogen) atoms. The van der Waals surface area contributed by atoms with Crippen molar-refractivity contribution in [3.8, 4) is 5.75 Å². The van der Waals surface area contributed by atoms with Crippen LogP contribution in [0.1, 0.15) is 35.3 Å². The zero-order valence-corrected chi connectivity index (χ0v) is 7.37. The molecule has 1 aromatic carbocycles. The minimum absolute atomic E-state index is 0.0400. The molecule has 2 rings (SSSR count). The number of phenols is 1. The number of nitrogens with one attached hydrogen (secondary N) is 1. The molecule has 1 heterocycles. The second-order valence-corrected chi connectivity index (χ2v) is 3.21. The van der Waals surface area contributed by atoms with Gasteiger partial charge in [-0.1, -0.05) is 6.92 Å². The second kappa shape index (κ2) is 2.76. The predicted molar refractivity (Wildman–Crippen MR) is 48.6 cm³/mol. The minimum Gasteiger partial charge on any atom is -0.508 e. The Bertz CT molecular complexity index is 360. The molecule has 0 radical (unpaired) electrons. The third-order valence-electron chi connectivity index (χ3n) is 2.37. The largest absolute Gasteiger partial charge is 0.508 e. The van der Waals surface area contributed by atoms with Gasteiger partial charge in [-0.15, -0.1) is 0 Å². The van der Waals surface area contributed by atoms with E-state index in [2.05, 4.69) is 5.32 Å². The Morgan fingerprint density at radius 2 is 2.31 bits per heavy atom. The molecule has 1 aliphatic heterocycles. The fourth-order valence-corrected chi connectivity index (χ4v) is 1.68. The Balaban J connectivity index is 2.52. The summed E-state index contributed by atoms with van der Waals surface area (Å²) in [5, 5.41) is 12.1. The van der Waals surface area contributed by atoms with Crippen LogP contribution in [0, 0.1) is 0 Å². The monoisotopic (exact) mass is 177 g/mol. The average molecular weight is 177 g/mol. The first kappa shape index (κ1) is 8.10. The number of carbonyl (C=O) groups is 1. The summed E-state index contributed by atoms with van der Waals surface area (Å²) < 4.78 is 0. The topological polar surface area (TPSA) is 49.3 Å². The van der Waals surface area contributed by atoms with Crippen LogP contribution >= 0.6 is 0 Å². The highest BCUT2D eigenvalue weighted by molar-refractivity contribution is 5.99. The summed E-state index contributed by atoms with van der Waals surface area (Å²) in [6.07, 6.45) is 0.849. The number of hydrogen-bond donors (Lipinski definition) is 2. The standard InChI is InChI=1S/C10H11NO2/c1-2-9-8-5-6(12)3-4-7(8)10(13)11-9/h3-5,9,12H,2H2,1H3,(H,11,13). The lowest BCUT2D eigenvalue weighted by Gasteiger charge is -2.07. The van der Waals surface area contributed by atoms with E-state index in [0.717, 1.165) is 12.0 Å². The van der Waals surface area contributed by atoms with E-state index in [1.807, 2.05) is 6.92 Å². The molecule has 0 fully saturated rings. The lowest BCUT2D eigenvalue weighted by molar-refractivity contribution is 0.0955. The maximum Gasteiger partial charge on any atom is 0.252 e. The van der Waals surface area contributed by atoms with Crippen LogP contribution < -0.4 is 5.32 Å². The van der Waals surface area contributed by atoms with Crippen molar-refractivity contribution in [3.05, 3.63) is 29.3 Å². The lowest BCUT2D eigenvalue weighted by Crippen LogP contribution is -2.17. The van der Waals surface area contributed by atoms with Crippen molar-refractivity contribution in [1.29, 1.82) is 0 Å². The van der Waals surface area contributed by atoms with Gasteiger partial charge in [-0.2, -0.15) is 0 Å². The molecule has 68 valence electrons. The first-order valence-corrected chi connectivity index (χ1v) is 4.36. The normalized spacial score (nSPS) is 19.8. The van der Waals surface area contributed by atoms with Crippen molar-refractivity contribution in [2.45, 2.75) is 19.4 Å². The Morgan fingerprint density at radius 3 is 3.00 bits per heavy atom. The highest BCUT2D eigenvalue weighted by atomic mass is 16.3. The number of amides is 1. The van der Waals surface area contributed by atoms with E-state index >= 15 is 0 Å². The van der Waals surface area contributed by atoms with Crippen LogP contribution in [-0.2, 0) is 0 Å². The predicted octanol–water partition coefficient (Wildman–Crippen LogP) is 1.59. The number of hydrogen-bond acceptors (Lipinski definition) is 2. The Morgan fingerprint density at radius 1 is 1.54 bits per heavy atom. The van der Waals surface area contributed by atoms with Gasteiger partial charge in [-0.05, 0) is 30.2 Å². The molecule has 0 aromatic heterocycles. The molecule has 0 spiro atoms. The van der Waals surface area contributed by atoms with Crippen molar-refractivity contribution in [2.75, 3.05) is 0 Å². The third-order valence-corrected chi connectivity index (χ3v) is 2.37. The van der Waals surface area contributed by atoms with E-state index in [9.17, 15) is 9.90 Å². The zero-order valence-electron chi connectivity index (χ0n) is 7.37. The highest BCUT2D eigenvalue weighted by Crippen LogP contribution is 2.30. The Kier molecular flexibility index (Phi) is 1.72. The number of carbonyl (C=O) groups excluding carboxylic acids is 1. The van der Waals surface area contributed by atoms with Crippen LogP contribution in [0.25, 0.3) is 0 Å². The maximum absolute atomic E-state index is 11.4. The van der Waals surface area contributed by atoms with Gasteiger partial charge in [0.2, 0.25) is 0 Å². The summed E-state index contributed by atoms with van der Waals surface area (Å²) in [7, 11) is 0. The molecular formula is C10H11NO2. The van der Waals surface area contributed by atoms with E-state index in [4.69, 9.17) is 0 Å².